The second kappa shape index (κ2) is 6.43. The quantitative estimate of drug-likeness (QED) is 0.821. The highest BCUT2D eigenvalue weighted by molar-refractivity contribution is 7.32. The molecule has 1 unspecified atom stereocenters. The fourth-order valence-electron chi connectivity index (χ4n) is 1.63. The van der Waals surface area contributed by atoms with Gasteiger partial charge < -0.3 is 9.30 Å². The van der Waals surface area contributed by atoms with E-state index in [2.05, 4.69) is 9.51 Å². The highest BCUT2D eigenvalue weighted by Crippen LogP contribution is 2.17. The van der Waals surface area contributed by atoms with E-state index in [4.69, 9.17) is 9.63 Å². The van der Waals surface area contributed by atoms with E-state index < -0.39 is 8.25 Å². The van der Waals surface area contributed by atoms with Crippen molar-refractivity contribution in [2.24, 2.45) is 0 Å². The van der Waals surface area contributed by atoms with Gasteiger partial charge in [0.1, 0.15) is 12.4 Å². The first-order chi connectivity index (χ1) is 9.17. The zero-order valence-electron chi connectivity index (χ0n) is 10.4. The molecule has 0 aliphatic carbocycles. The third-order valence-electron chi connectivity index (χ3n) is 2.53. The minimum atomic E-state index is -2.58. The van der Waals surface area contributed by atoms with Crippen LogP contribution < -0.4 is 4.74 Å². The third kappa shape index (κ3) is 4.13. The summed E-state index contributed by atoms with van der Waals surface area (Å²) in [5.74, 6) is 0.815. The summed E-state index contributed by atoms with van der Waals surface area (Å²) in [6, 6.07) is 7.73. The summed E-state index contributed by atoms with van der Waals surface area (Å²) in [5.41, 5.74) is 1.73. The number of rotatable bonds is 6. The fourth-order valence-corrected chi connectivity index (χ4v) is 1.87. The number of imidazole rings is 1. The molecule has 0 saturated carbocycles. The molecule has 1 aromatic heterocycles. The van der Waals surface area contributed by atoms with Crippen LogP contribution in [0.5, 0.6) is 5.75 Å². The van der Waals surface area contributed by atoms with Crippen LogP contribution in [0.25, 0.3) is 0 Å². The van der Waals surface area contributed by atoms with Crippen LogP contribution >= 0.6 is 8.25 Å². The summed E-state index contributed by atoms with van der Waals surface area (Å²) in [4.78, 5) is 12.6. The largest absolute Gasteiger partial charge is 0.695 e. The predicted octanol–water partition coefficient (Wildman–Crippen LogP) is 2.11. The zero-order valence-corrected chi connectivity index (χ0v) is 11.3. The fraction of sp³-hybridized carbons (Fsp3) is 0.250. The van der Waals surface area contributed by atoms with Gasteiger partial charge >= 0.3 is 8.25 Å². The van der Waals surface area contributed by atoms with Gasteiger partial charge in [-0.2, -0.15) is 0 Å². The van der Waals surface area contributed by atoms with Crippen molar-refractivity contribution in [3.05, 3.63) is 48.0 Å². The van der Waals surface area contributed by atoms with E-state index in [0.717, 1.165) is 11.3 Å². The van der Waals surface area contributed by atoms with E-state index in [-0.39, 0.29) is 6.61 Å². The first-order valence-corrected chi connectivity index (χ1v) is 6.73. The molecule has 0 fully saturated rings. The Morgan fingerprint density at radius 2 is 2.11 bits per heavy atom. The van der Waals surface area contributed by atoms with Crippen molar-refractivity contribution in [2.45, 2.75) is 13.2 Å². The number of hydrogen-bond donors (Lipinski definition) is 1. The lowest BCUT2D eigenvalue weighted by molar-refractivity contribution is 0.269. The molecule has 7 heteroatoms. The van der Waals surface area contributed by atoms with Crippen molar-refractivity contribution in [3.8, 4) is 5.75 Å². The molecular formula is C12H14N2O4P+. The summed E-state index contributed by atoms with van der Waals surface area (Å²) < 4.78 is 22.0. The molecule has 19 heavy (non-hydrogen) atoms. The first kappa shape index (κ1) is 13.7. The average molecular weight is 281 g/mol. The summed E-state index contributed by atoms with van der Waals surface area (Å²) in [7, 11) is -0.954. The summed E-state index contributed by atoms with van der Waals surface area (Å²) in [6.07, 6.45) is 3.44. The maximum absolute atomic E-state index is 10.4. The maximum Gasteiger partial charge on any atom is 0.695 e. The van der Waals surface area contributed by atoms with Gasteiger partial charge in [0.05, 0.1) is 19.1 Å². The molecule has 1 heterocycles. The minimum Gasteiger partial charge on any atom is -0.497 e. The molecule has 2 rings (SSSR count). The third-order valence-corrected chi connectivity index (χ3v) is 2.88. The van der Waals surface area contributed by atoms with Gasteiger partial charge in [0, 0.05) is 17.3 Å². The second-order valence-electron chi connectivity index (χ2n) is 3.90. The van der Waals surface area contributed by atoms with Gasteiger partial charge in [-0.3, -0.25) is 0 Å². The van der Waals surface area contributed by atoms with E-state index in [1.807, 2.05) is 28.8 Å². The Hall–Kier alpha value is -1.75. The Labute approximate surface area is 111 Å². The highest BCUT2D eigenvalue weighted by Gasteiger charge is 2.13. The molecular weight excluding hydrogens is 267 g/mol. The number of methoxy groups -OCH3 is 1. The van der Waals surface area contributed by atoms with Crippen LogP contribution in [0, 0.1) is 0 Å². The SMILES string of the molecule is COc1ccc(Cn2cnc(CO[P+](=O)O)c2)cc1. The second-order valence-corrected chi connectivity index (χ2v) is 4.63. The molecule has 0 bridgehead atoms. The lowest BCUT2D eigenvalue weighted by Crippen LogP contribution is -1.96. The molecule has 0 amide bonds. The molecule has 0 spiro atoms. The number of hydrogen-bond acceptors (Lipinski definition) is 4. The van der Waals surface area contributed by atoms with Gasteiger partial charge in [0.2, 0.25) is 0 Å². The minimum absolute atomic E-state index is 0.0291. The topological polar surface area (TPSA) is 73.6 Å². The number of benzene rings is 1. The Morgan fingerprint density at radius 3 is 2.74 bits per heavy atom. The number of aromatic nitrogens is 2. The van der Waals surface area contributed by atoms with Gasteiger partial charge in [-0.1, -0.05) is 12.1 Å². The van der Waals surface area contributed by atoms with Crippen LogP contribution in [-0.4, -0.2) is 21.6 Å². The standard InChI is InChI=1S/C12H13N2O4P/c1-17-12-4-2-10(3-5-12)6-14-7-11(13-9-14)8-18-19(15)16/h2-5,7,9H,6,8H2,1H3/p+1. The van der Waals surface area contributed by atoms with Gasteiger partial charge in [0.25, 0.3) is 0 Å². The summed E-state index contributed by atoms with van der Waals surface area (Å²) >= 11 is 0. The van der Waals surface area contributed by atoms with Gasteiger partial charge in [-0.15, -0.1) is 9.42 Å². The Bertz CT molecular complexity index is 553. The average Bonchev–Trinajstić information content (AvgIpc) is 2.85. The maximum atomic E-state index is 10.4. The van der Waals surface area contributed by atoms with E-state index in [0.29, 0.717) is 12.2 Å². The molecule has 0 aliphatic heterocycles. The Balaban J connectivity index is 1.96. The molecule has 0 aliphatic rings. The van der Waals surface area contributed by atoms with Crippen molar-refractivity contribution in [1.29, 1.82) is 0 Å². The molecule has 0 saturated heterocycles. The van der Waals surface area contributed by atoms with Crippen LogP contribution in [0.4, 0.5) is 0 Å². The Kier molecular flexibility index (Phi) is 4.63. The van der Waals surface area contributed by atoms with Crippen LogP contribution in [0.1, 0.15) is 11.3 Å². The molecule has 0 radical (unpaired) electrons. The van der Waals surface area contributed by atoms with Crippen LogP contribution in [0.3, 0.4) is 0 Å². The Morgan fingerprint density at radius 1 is 1.37 bits per heavy atom. The van der Waals surface area contributed by atoms with Gasteiger partial charge in [-0.25, -0.2) is 4.98 Å². The summed E-state index contributed by atoms with van der Waals surface area (Å²) in [6.45, 7) is 0.698. The van der Waals surface area contributed by atoms with Crippen LogP contribution in [0.15, 0.2) is 36.8 Å². The first-order valence-electron chi connectivity index (χ1n) is 5.60. The molecule has 100 valence electrons. The zero-order chi connectivity index (χ0) is 13.7. The van der Waals surface area contributed by atoms with E-state index >= 15 is 0 Å². The van der Waals surface area contributed by atoms with E-state index in [1.54, 1.807) is 19.6 Å². The summed E-state index contributed by atoms with van der Waals surface area (Å²) in [5, 5.41) is 0. The lowest BCUT2D eigenvalue weighted by atomic mass is 10.2. The van der Waals surface area contributed by atoms with Crippen molar-refractivity contribution in [2.75, 3.05) is 7.11 Å². The van der Waals surface area contributed by atoms with Crippen LogP contribution in [0.2, 0.25) is 0 Å². The lowest BCUT2D eigenvalue weighted by Gasteiger charge is -2.04. The molecule has 2 aromatic rings. The molecule has 1 atom stereocenters. The van der Waals surface area contributed by atoms with Gasteiger partial charge in [0.15, 0.2) is 0 Å². The monoisotopic (exact) mass is 281 g/mol. The molecule has 1 N–H and O–H groups in total. The van der Waals surface area contributed by atoms with Crippen molar-refractivity contribution in [3.63, 3.8) is 0 Å². The highest BCUT2D eigenvalue weighted by atomic mass is 31.1. The van der Waals surface area contributed by atoms with Crippen molar-refractivity contribution < 1.29 is 18.7 Å². The molecule has 6 nitrogen and oxygen atoms in total. The predicted molar refractivity (Wildman–Crippen MR) is 68.9 cm³/mol. The van der Waals surface area contributed by atoms with Gasteiger partial charge in [-0.05, 0) is 17.7 Å². The van der Waals surface area contributed by atoms with E-state index in [9.17, 15) is 4.57 Å². The van der Waals surface area contributed by atoms with E-state index in [1.165, 1.54) is 0 Å². The smallest absolute Gasteiger partial charge is 0.497 e. The normalized spacial score (nSPS) is 11.4. The van der Waals surface area contributed by atoms with Crippen molar-refractivity contribution >= 4 is 8.25 Å². The van der Waals surface area contributed by atoms with Crippen molar-refractivity contribution in [1.82, 2.24) is 9.55 Å². The number of ether oxygens (including phenoxy) is 1. The molecule has 1 aromatic carbocycles. The number of nitrogens with zero attached hydrogens (tertiary/aromatic N) is 2. The van der Waals surface area contributed by atoms with Crippen LogP contribution in [-0.2, 0) is 22.2 Å².